The van der Waals surface area contributed by atoms with Crippen LogP contribution in [0.25, 0.3) is 10.3 Å². The van der Waals surface area contributed by atoms with Gasteiger partial charge in [-0.3, -0.25) is 5.10 Å². The van der Waals surface area contributed by atoms with Crippen LogP contribution in [0.2, 0.25) is 0 Å². The first kappa shape index (κ1) is 5.82. The number of aromatic nitrogens is 3. The molecule has 0 aliphatic rings. The van der Waals surface area contributed by atoms with Crippen LogP contribution in [0.5, 0.6) is 0 Å². The summed E-state index contributed by atoms with van der Waals surface area (Å²) in [6, 6.07) is 0. The van der Waals surface area contributed by atoms with Gasteiger partial charge in [-0.1, -0.05) is 11.3 Å². The smallest absolute Gasteiger partial charge is 0.138 e. The molecule has 5 heteroatoms. The van der Waals surface area contributed by atoms with Gasteiger partial charge in [-0.15, -0.1) is 0 Å². The summed E-state index contributed by atoms with van der Waals surface area (Å²) < 4.78 is 0. The number of nitrogens with one attached hydrogen (secondary N) is 1. The van der Waals surface area contributed by atoms with Crippen LogP contribution >= 0.6 is 11.3 Å². The monoisotopic (exact) mass is 154 g/mol. The van der Waals surface area contributed by atoms with Crippen molar-refractivity contribution in [2.45, 2.75) is 6.54 Å². The molecule has 0 bridgehead atoms. The molecule has 0 aliphatic carbocycles. The SMILES string of the molecule is NCc1nc2cn[nH]c2s1. The number of thiazole rings is 1. The number of nitrogens with zero attached hydrogens (tertiary/aromatic N) is 2. The molecule has 2 aromatic rings. The van der Waals surface area contributed by atoms with Crippen molar-refractivity contribution in [2.75, 3.05) is 0 Å². The number of hydrogen-bond donors (Lipinski definition) is 2. The van der Waals surface area contributed by atoms with Crippen LogP contribution in [0, 0.1) is 0 Å². The Morgan fingerprint density at radius 1 is 1.70 bits per heavy atom. The minimum atomic E-state index is 0.507. The summed E-state index contributed by atoms with van der Waals surface area (Å²) in [5.41, 5.74) is 6.29. The lowest BCUT2D eigenvalue weighted by Crippen LogP contribution is -1.93. The van der Waals surface area contributed by atoms with Crippen LogP contribution in [0.4, 0.5) is 0 Å². The zero-order valence-electron chi connectivity index (χ0n) is 5.16. The van der Waals surface area contributed by atoms with Gasteiger partial charge >= 0.3 is 0 Å². The van der Waals surface area contributed by atoms with Gasteiger partial charge in [0.25, 0.3) is 0 Å². The third-order valence-corrected chi connectivity index (χ3v) is 2.22. The second-order valence-corrected chi connectivity index (χ2v) is 2.98. The molecule has 2 rings (SSSR count). The van der Waals surface area contributed by atoms with E-state index in [1.54, 1.807) is 17.5 Å². The van der Waals surface area contributed by atoms with E-state index in [1.165, 1.54) is 0 Å². The number of aromatic amines is 1. The van der Waals surface area contributed by atoms with E-state index in [2.05, 4.69) is 15.2 Å². The summed E-state index contributed by atoms with van der Waals surface area (Å²) in [6.45, 7) is 0.507. The van der Waals surface area contributed by atoms with Crippen LogP contribution in [0.15, 0.2) is 6.20 Å². The fourth-order valence-electron chi connectivity index (χ4n) is 0.785. The molecular formula is C5H6N4S. The third-order valence-electron chi connectivity index (χ3n) is 1.23. The summed E-state index contributed by atoms with van der Waals surface area (Å²) in [4.78, 5) is 5.19. The minimum absolute atomic E-state index is 0.507. The summed E-state index contributed by atoms with van der Waals surface area (Å²) in [5.74, 6) is 0. The summed E-state index contributed by atoms with van der Waals surface area (Å²) in [7, 11) is 0. The number of fused-ring (bicyclic) bond motifs is 1. The van der Waals surface area contributed by atoms with Gasteiger partial charge in [-0.2, -0.15) is 5.10 Å². The van der Waals surface area contributed by atoms with Crippen molar-refractivity contribution < 1.29 is 0 Å². The normalized spacial score (nSPS) is 10.9. The number of H-pyrrole nitrogens is 1. The second-order valence-electron chi connectivity index (χ2n) is 1.90. The van der Waals surface area contributed by atoms with E-state index in [4.69, 9.17) is 5.73 Å². The highest BCUT2D eigenvalue weighted by atomic mass is 32.1. The molecule has 4 nitrogen and oxygen atoms in total. The first-order valence-corrected chi connectivity index (χ1v) is 3.70. The number of nitrogens with two attached hydrogens (primary N) is 1. The first-order valence-electron chi connectivity index (χ1n) is 2.89. The average molecular weight is 154 g/mol. The molecule has 3 N–H and O–H groups in total. The van der Waals surface area contributed by atoms with E-state index in [9.17, 15) is 0 Å². The molecule has 2 heterocycles. The van der Waals surface area contributed by atoms with Crippen LogP contribution in [-0.2, 0) is 6.54 Å². The second kappa shape index (κ2) is 2.03. The molecule has 0 saturated heterocycles. The first-order chi connectivity index (χ1) is 4.90. The highest BCUT2D eigenvalue weighted by Gasteiger charge is 2.01. The Balaban J connectivity index is 2.67. The fraction of sp³-hybridized carbons (Fsp3) is 0.200. The standard InChI is InChI=1S/C5H6N4S/c6-1-4-8-3-2-7-9-5(3)10-4/h2H,1,6H2,(H,7,9). The Morgan fingerprint density at radius 2 is 2.60 bits per heavy atom. The minimum Gasteiger partial charge on any atom is -0.325 e. The predicted octanol–water partition coefficient (Wildman–Crippen LogP) is 0.478. The van der Waals surface area contributed by atoms with E-state index in [0.29, 0.717) is 6.54 Å². The molecule has 0 unspecified atom stereocenters. The van der Waals surface area contributed by atoms with Crippen molar-refractivity contribution in [1.29, 1.82) is 0 Å². The van der Waals surface area contributed by atoms with E-state index < -0.39 is 0 Å². The van der Waals surface area contributed by atoms with Crippen LogP contribution in [-0.4, -0.2) is 15.2 Å². The maximum Gasteiger partial charge on any atom is 0.138 e. The summed E-state index contributed by atoms with van der Waals surface area (Å²) >= 11 is 1.55. The van der Waals surface area contributed by atoms with Gasteiger partial charge in [0, 0.05) is 6.54 Å². The number of hydrogen-bond acceptors (Lipinski definition) is 4. The molecule has 0 atom stereocenters. The van der Waals surface area contributed by atoms with E-state index in [0.717, 1.165) is 15.4 Å². The van der Waals surface area contributed by atoms with Gasteiger partial charge in [0.05, 0.1) is 6.20 Å². The molecule has 2 aromatic heterocycles. The Morgan fingerprint density at radius 3 is 3.30 bits per heavy atom. The summed E-state index contributed by atoms with van der Waals surface area (Å²) in [5, 5.41) is 7.59. The lowest BCUT2D eigenvalue weighted by Gasteiger charge is -1.79. The molecule has 0 amide bonds. The molecule has 0 aromatic carbocycles. The largest absolute Gasteiger partial charge is 0.325 e. The third kappa shape index (κ3) is 0.714. The molecule has 0 saturated carbocycles. The lowest BCUT2D eigenvalue weighted by molar-refractivity contribution is 1.05. The summed E-state index contributed by atoms with van der Waals surface area (Å²) in [6.07, 6.45) is 1.70. The van der Waals surface area contributed by atoms with Gasteiger partial charge in [0.15, 0.2) is 0 Å². The van der Waals surface area contributed by atoms with Crippen LogP contribution in [0.3, 0.4) is 0 Å². The zero-order valence-corrected chi connectivity index (χ0v) is 5.98. The number of rotatable bonds is 1. The van der Waals surface area contributed by atoms with Crippen molar-refractivity contribution in [3.8, 4) is 0 Å². The van der Waals surface area contributed by atoms with Gasteiger partial charge in [-0.25, -0.2) is 4.98 Å². The topological polar surface area (TPSA) is 67.6 Å². The lowest BCUT2D eigenvalue weighted by atomic mass is 10.6. The van der Waals surface area contributed by atoms with Crippen molar-refractivity contribution in [3.63, 3.8) is 0 Å². The molecule has 0 fully saturated rings. The molecule has 0 aliphatic heterocycles. The Labute approximate surface area is 61.1 Å². The fourth-order valence-corrected chi connectivity index (χ4v) is 1.55. The van der Waals surface area contributed by atoms with Gasteiger partial charge in [0.2, 0.25) is 0 Å². The van der Waals surface area contributed by atoms with Gasteiger partial charge < -0.3 is 5.73 Å². The molecule has 10 heavy (non-hydrogen) atoms. The zero-order chi connectivity index (χ0) is 6.97. The van der Waals surface area contributed by atoms with Gasteiger partial charge in [0.1, 0.15) is 15.4 Å². The predicted molar refractivity (Wildman–Crippen MR) is 39.7 cm³/mol. The van der Waals surface area contributed by atoms with E-state index in [1.807, 2.05) is 0 Å². The molecular weight excluding hydrogens is 148 g/mol. The highest BCUT2D eigenvalue weighted by molar-refractivity contribution is 7.18. The van der Waals surface area contributed by atoms with Crippen molar-refractivity contribution in [2.24, 2.45) is 5.73 Å². The Bertz CT molecular complexity index is 307. The van der Waals surface area contributed by atoms with Crippen molar-refractivity contribution >= 4 is 21.7 Å². The van der Waals surface area contributed by atoms with Crippen molar-refractivity contribution in [3.05, 3.63) is 11.2 Å². The van der Waals surface area contributed by atoms with E-state index >= 15 is 0 Å². The highest BCUT2D eigenvalue weighted by Crippen LogP contribution is 2.17. The Kier molecular flexibility index (Phi) is 1.18. The molecule has 52 valence electrons. The maximum atomic E-state index is 5.39. The average Bonchev–Trinajstić information content (AvgIpc) is 2.42. The quantitative estimate of drug-likeness (QED) is 0.627. The van der Waals surface area contributed by atoms with Crippen LogP contribution < -0.4 is 5.73 Å². The van der Waals surface area contributed by atoms with Crippen LogP contribution in [0.1, 0.15) is 5.01 Å². The molecule has 0 radical (unpaired) electrons. The van der Waals surface area contributed by atoms with Crippen molar-refractivity contribution in [1.82, 2.24) is 15.2 Å². The van der Waals surface area contributed by atoms with Gasteiger partial charge in [-0.05, 0) is 0 Å². The Hall–Kier alpha value is -0.940. The van der Waals surface area contributed by atoms with E-state index in [-0.39, 0.29) is 0 Å². The molecule has 0 spiro atoms. The maximum absolute atomic E-state index is 5.39.